The molecular weight excluding hydrogens is 430 g/mol. The van der Waals surface area contributed by atoms with E-state index in [1.165, 1.54) is 22.3 Å². The zero-order chi connectivity index (χ0) is 22.0. The van der Waals surface area contributed by atoms with E-state index in [-0.39, 0.29) is 17.5 Å². The number of nitriles is 1. The molecule has 7 nitrogen and oxygen atoms in total. The Morgan fingerprint density at radius 2 is 2.16 bits per heavy atom. The van der Waals surface area contributed by atoms with Gasteiger partial charge < -0.3 is 11.1 Å². The summed E-state index contributed by atoms with van der Waals surface area (Å²) in [5.41, 5.74) is 9.11. The first kappa shape index (κ1) is 21.2. The number of fused-ring (bicyclic) bond motifs is 1. The Hall–Kier alpha value is -3.09. The minimum Gasteiger partial charge on any atom is -0.385 e. The van der Waals surface area contributed by atoms with Gasteiger partial charge in [0.25, 0.3) is 5.56 Å². The number of amides is 1. The molecule has 2 heterocycles. The lowest BCUT2D eigenvalue weighted by Gasteiger charge is -2.15. The summed E-state index contributed by atoms with van der Waals surface area (Å²) in [4.78, 5) is 29.9. The molecule has 9 heteroatoms. The molecular formula is C22H21N5O2S2. The standard InChI is InChI=1S/C22H21N5O2S2/c1-13-5-4-6-14(9-13)27-18(24)10-19(28)26-22(27)30-12-20(29)25-21-16(11-23)15-7-2-3-8-17(15)31-21/h4-6,9-10H,2-3,7-8,12,24H2,1H3,(H,25,29). The molecule has 0 unspecified atom stereocenters. The Kier molecular flexibility index (Phi) is 6.11. The van der Waals surface area contributed by atoms with Crippen molar-refractivity contribution in [2.75, 3.05) is 16.8 Å². The van der Waals surface area contributed by atoms with E-state index >= 15 is 0 Å². The van der Waals surface area contributed by atoms with Crippen LogP contribution in [0.4, 0.5) is 10.8 Å². The normalized spacial score (nSPS) is 12.8. The number of aromatic nitrogens is 2. The summed E-state index contributed by atoms with van der Waals surface area (Å²) in [5, 5.41) is 13.4. The molecule has 158 valence electrons. The maximum atomic E-state index is 12.7. The van der Waals surface area contributed by atoms with Crippen molar-refractivity contribution < 1.29 is 4.79 Å². The molecule has 4 rings (SSSR count). The van der Waals surface area contributed by atoms with Gasteiger partial charge in [0.05, 0.1) is 11.3 Å². The summed E-state index contributed by atoms with van der Waals surface area (Å²) in [6.07, 6.45) is 4.02. The summed E-state index contributed by atoms with van der Waals surface area (Å²) in [6, 6.07) is 11.2. The van der Waals surface area contributed by atoms with E-state index in [9.17, 15) is 14.9 Å². The smallest absolute Gasteiger partial charge is 0.275 e. The average molecular weight is 452 g/mol. The van der Waals surface area contributed by atoms with Gasteiger partial charge in [-0.2, -0.15) is 10.2 Å². The molecule has 0 bridgehead atoms. The fourth-order valence-corrected chi connectivity index (χ4v) is 5.75. The van der Waals surface area contributed by atoms with Crippen molar-refractivity contribution in [3.63, 3.8) is 0 Å². The summed E-state index contributed by atoms with van der Waals surface area (Å²) in [6.45, 7) is 1.96. The van der Waals surface area contributed by atoms with Crippen LogP contribution in [0.2, 0.25) is 0 Å². The van der Waals surface area contributed by atoms with Crippen molar-refractivity contribution in [1.29, 1.82) is 5.26 Å². The minimum atomic E-state index is -0.456. The highest BCUT2D eigenvalue weighted by molar-refractivity contribution is 7.99. The molecule has 1 amide bonds. The fraction of sp³-hybridized carbons (Fsp3) is 0.273. The molecule has 0 atom stereocenters. The number of aryl methyl sites for hydroxylation is 2. The van der Waals surface area contributed by atoms with Gasteiger partial charge in [-0.15, -0.1) is 11.3 Å². The second-order valence-corrected chi connectivity index (χ2v) is 9.39. The SMILES string of the molecule is Cc1cccc(-n2c(N)cc(=O)nc2SCC(=O)Nc2sc3c(c2C#N)CCCC3)c1. The highest BCUT2D eigenvalue weighted by Crippen LogP contribution is 2.37. The molecule has 0 spiro atoms. The number of hydrogen-bond acceptors (Lipinski definition) is 7. The number of carbonyl (C=O) groups excluding carboxylic acids is 1. The molecule has 0 saturated carbocycles. The number of nitrogens with zero attached hydrogens (tertiary/aromatic N) is 3. The van der Waals surface area contributed by atoms with E-state index in [1.54, 1.807) is 4.57 Å². The number of nitrogen functional groups attached to an aromatic ring is 1. The largest absolute Gasteiger partial charge is 0.385 e. The quantitative estimate of drug-likeness (QED) is 0.452. The van der Waals surface area contributed by atoms with Crippen LogP contribution in [0.3, 0.4) is 0 Å². The van der Waals surface area contributed by atoms with Gasteiger partial charge >= 0.3 is 0 Å². The summed E-state index contributed by atoms with van der Waals surface area (Å²) in [5.74, 6) is 0.0357. The number of benzene rings is 1. The molecule has 0 aliphatic heterocycles. The fourth-order valence-electron chi connectivity index (χ4n) is 3.67. The van der Waals surface area contributed by atoms with Crippen LogP contribution < -0.4 is 16.6 Å². The zero-order valence-corrected chi connectivity index (χ0v) is 18.6. The van der Waals surface area contributed by atoms with Gasteiger partial charge in [0, 0.05) is 16.6 Å². The molecule has 0 saturated heterocycles. The molecule has 3 N–H and O–H groups in total. The van der Waals surface area contributed by atoms with Crippen molar-refractivity contribution in [2.24, 2.45) is 0 Å². The first-order chi connectivity index (χ1) is 15.0. The molecule has 2 aromatic heterocycles. The zero-order valence-electron chi connectivity index (χ0n) is 17.0. The van der Waals surface area contributed by atoms with E-state index < -0.39 is 5.56 Å². The van der Waals surface area contributed by atoms with Gasteiger partial charge in [-0.05, 0) is 55.9 Å². The molecule has 0 radical (unpaired) electrons. The van der Waals surface area contributed by atoms with E-state index in [4.69, 9.17) is 5.73 Å². The topological polar surface area (TPSA) is 114 Å². The summed E-state index contributed by atoms with van der Waals surface area (Å²) < 4.78 is 1.66. The van der Waals surface area contributed by atoms with Crippen LogP contribution in [0.5, 0.6) is 0 Å². The van der Waals surface area contributed by atoms with E-state index in [2.05, 4.69) is 16.4 Å². The first-order valence-electron chi connectivity index (χ1n) is 9.90. The Morgan fingerprint density at radius 3 is 2.94 bits per heavy atom. The lowest BCUT2D eigenvalue weighted by atomic mass is 9.96. The Labute approximate surface area is 187 Å². The van der Waals surface area contributed by atoms with Crippen LogP contribution in [-0.4, -0.2) is 21.2 Å². The highest BCUT2D eigenvalue weighted by Gasteiger charge is 2.22. The van der Waals surface area contributed by atoms with E-state index in [1.807, 2.05) is 31.2 Å². The third kappa shape index (κ3) is 4.50. The molecule has 1 aliphatic carbocycles. The van der Waals surface area contributed by atoms with Crippen LogP contribution in [-0.2, 0) is 17.6 Å². The summed E-state index contributed by atoms with van der Waals surface area (Å²) >= 11 is 2.62. The Bertz CT molecular complexity index is 1260. The second-order valence-electron chi connectivity index (χ2n) is 7.34. The van der Waals surface area contributed by atoms with Crippen LogP contribution in [0, 0.1) is 18.3 Å². The van der Waals surface area contributed by atoms with Crippen molar-refractivity contribution in [1.82, 2.24) is 9.55 Å². The predicted octanol–water partition coefficient (Wildman–Crippen LogP) is 3.67. The Balaban J connectivity index is 1.55. The maximum Gasteiger partial charge on any atom is 0.275 e. The number of thioether (sulfide) groups is 1. The predicted molar refractivity (Wildman–Crippen MR) is 124 cm³/mol. The molecule has 3 aromatic rings. The van der Waals surface area contributed by atoms with E-state index in [0.29, 0.717) is 15.7 Å². The number of rotatable bonds is 5. The molecule has 31 heavy (non-hydrogen) atoms. The third-order valence-electron chi connectivity index (χ3n) is 5.05. The highest BCUT2D eigenvalue weighted by atomic mass is 32.2. The van der Waals surface area contributed by atoms with Crippen molar-refractivity contribution in [3.05, 3.63) is 62.3 Å². The number of nitrogens with one attached hydrogen (secondary N) is 1. The van der Waals surface area contributed by atoms with Gasteiger partial charge in [0.1, 0.15) is 16.9 Å². The monoisotopic (exact) mass is 451 g/mol. The third-order valence-corrected chi connectivity index (χ3v) is 7.20. The molecule has 1 aliphatic rings. The number of thiophene rings is 1. The molecule has 0 fully saturated rings. The molecule has 1 aromatic carbocycles. The van der Waals surface area contributed by atoms with Gasteiger partial charge in [0.2, 0.25) is 5.91 Å². The Morgan fingerprint density at radius 1 is 1.35 bits per heavy atom. The number of nitrogens with two attached hydrogens (primary N) is 1. The van der Waals surface area contributed by atoms with Crippen LogP contribution in [0.15, 0.2) is 40.3 Å². The first-order valence-corrected chi connectivity index (χ1v) is 11.7. The van der Waals surface area contributed by atoms with Crippen molar-refractivity contribution in [3.8, 4) is 11.8 Å². The average Bonchev–Trinajstić information content (AvgIpc) is 3.08. The number of carbonyl (C=O) groups is 1. The van der Waals surface area contributed by atoms with Gasteiger partial charge in [0.15, 0.2) is 5.16 Å². The van der Waals surface area contributed by atoms with Crippen LogP contribution >= 0.6 is 23.1 Å². The van der Waals surface area contributed by atoms with Crippen molar-refractivity contribution >= 4 is 39.8 Å². The lowest BCUT2D eigenvalue weighted by Crippen LogP contribution is -2.19. The van der Waals surface area contributed by atoms with Crippen LogP contribution in [0.1, 0.15) is 34.4 Å². The lowest BCUT2D eigenvalue weighted by molar-refractivity contribution is -0.113. The van der Waals surface area contributed by atoms with Gasteiger partial charge in [-0.3, -0.25) is 14.2 Å². The maximum absolute atomic E-state index is 12.7. The number of anilines is 2. The van der Waals surface area contributed by atoms with Crippen molar-refractivity contribution in [2.45, 2.75) is 37.8 Å². The van der Waals surface area contributed by atoms with E-state index in [0.717, 1.165) is 54.3 Å². The van der Waals surface area contributed by atoms with Gasteiger partial charge in [-0.1, -0.05) is 23.9 Å². The second kappa shape index (κ2) is 8.96. The summed E-state index contributed by atoms with van der Waals surface area (Å²) in [7, 11) is 0. The number of hydrogen-bond donors (Lipinski definition) is 2. The minimum absolute atomic E-state index is 0.0368. The van der Waals surface area contributed by atoms with Gasteiger partial charge in [-0.25, -0.2) is 0 Å². The van der Waals surface area contributed by atoms with Crippen LogP contribution in [0.25, 0.3) is 5.69 Å².